The zero-order valence-corrected chi connectivity index (χ0v) is 92.5. The Morgan fingerprint density at radius 2 is 0.545 bits per heavy atom. The van der Waals surface area contributed by atoms with Crippen LogP contribution in [-0.4, -0.2) is 120 Å². The summed E-state index contributed by atoms with van der Waals surface area (Å²) >= 11 is 0. The van der Waals surface area contributed by atoms with E-state index in [2.05, 4.69) is 168 Å². The number of methoxy groups -OCH3 is 8. The predicted octanol–water partition coefficient (Wildman–Crippen LogP) is 27.6. The molecule has 27 heteroatoms. The van der Waals surface area contributed by atoms with Crippen LogP contribution in [0.1, 0.15) is 55.4 Å². The maximum Gasteiger partial charge on any atom is 0.155 e. The molecule has 756 valence electrons. The van der Waals surface area contributed by atoms with Crippen LogP contribution in [0.15, 0.2) is 394 Å². The molecule has 4 heterocycles. The first-order valence-electron chi connectivity index (χ1n) is 44.3. The van der Waals surface area contributed by atoms with Crippen molar-refractivity contribution in [1.29, 1.82) is 0 Å². The molecule has 23 nitrogen and oxygen atoms in total. The Balaban J connectivity index is 0.000000309. The van der Waals surface area contributed by atoms with Crippen LogP contribution in [0.2, 0.25) is 0 Å². The number of allylic oxidation sites excluding steroid dienone is 8. The van der Waals surface area contributed by atoms with E-state index in [-0.39, 0.29) is 127 Å². The number of ketones is 4. The second-order valence-electron chi connectivity index (χ2n) is 30.7. The van der Waals surface area contributed by atoms with E-state index in [1.54, 1.807) is 87.7 Å². The quantitative estimate of drug-likeness (QED) is 0.0223. The number of fused-ring (bicyclic) bond motifs is 1. The molecule has 0 atom stereocenters. The smallest absolute Gasteiger partial charge is 0.155 e. The van der Waals surface area contributed by atoms with E-state index in [4.69, 9.17) is 58.3 Å². The number of carbonyl (C=O) groups excluding carboxylic acids is 4. The van der Waals surface area contributed by atoms with E-state index >= 15 is 0 Å². The maximum absolute atomic E-state index is 10.0. The summed E-state index contributed by atoms with van der Waals surface area (Å²) in [6, 6.07) is 120. The number of benzene rings is 12. The predicted molar refractivity (Wildman–Crippen MR) is 562 cm³/mol. The third-order valence-corrected chi connectivity index (χ3v) is 20.0. The van der Waals surface area contributed by atoms with Crippen molar-refractivity contribution in [2.45, 2.75) is 55.4 Å². The van der Waals surface area contributed by atoms with Crippen LogP contribution in [0, 0.1) is 24.3 Å². The summed E-state index contributed by atoms with van der Waals surface area (Å²) in [5.74, 6) is 5.55. The molecule has 0 aliphatic heterocycles. The molecule has 4 N–H and O–H groups in total. The van der Waals surface area contributed by atoms with Gasteiger partial charge < -0.3 is 93.0 Å². The SMILES string of the molecule is CC(=O)C=C(C)O.CC(=O)C=C(C)O.CC(=O)C=C(C)O.CC(=O)C=C(C)O.COc1c[c-]c(-c2cc(N(c3ccccc3)c3ccccc3)ccn2)c(OC)c1.COc1ccnc(-c2[c-]cc(N(c3ccccc3)c3ccccc3)cc2OC)c1.COc1ccnc(-c2[c-]cc(OC)cc2-c2cccc3ccccc23)c1.COc1ccnc(-c2[c-]cc(OC)cc2N(c2ccccc2)c2ccccc2)c1.[Ir].[Ir].[Ir].[Ir]. The van der Waals surface area contributed by atoms with Crippen LogP contribution in [0.5, 0.6) is 46.0 Å². The normalized spacial score (nSPS) is 10.4. The average Bonchev–Trinajstić information content (AvgIpc) is 0.769. The summed E-state index contributed by atoms with van der Waals surface area (Å²) in [6.07, 6.45) is 11.7. The molecule has 0 saturated heterocycles. The fourth-order valence-corrected chi connectivity index (χ4v) is 14.0. The number of carbonyl (C=O) groups is 4. The van der Waals surface area contributed by atoms with Gasteiger partial charge in [-0.05, 0) is 216 Å². The van der Waals surface area contributed by atoms with Crippen molar-refractivity contribution >= 4 is 85.1 Å². The van der Waals surface area contributed by atoms with Gasteiger partial charge in [-0.1, -0.05) is 204 Å². The number of hydrogen-bond acceptors (Lipinski definition) is 23. The van der Waals surface area contributed by atoms with Gasteiger partial charge in [0.2, 0.25) is 0 Å². The number of aromatic nitrogens is 4. The van der Waals surface area contributed by atoms with Gasteiger partial charge in [0, 0.05) is 198 Å². The minimum absolute atomic E-state index is 0. The number of rotatable bonds is 26. The Bertz CT molecular complexity index is 6620. The van der Waals surface area contributed by atoms with Gasteiger partial charge in [0.1, 0.15) is 17.2 Å². The van der Waals surface area contributed by atoms with Crippen molar-refractivity contribution in [2.75, 3.05) is 71.6 Å². The van der Waals surface area contributed by atoms with Crippen LogP contribution >= 0.6 is 0 Å². The zero-order valence-electron chi connectivity index (χ0n) is 82.9. The number of aliphatic hydroxyl groups excluding tert-OH is 4. The van der Waals surface area contributed by atoms with Crippen molar-refractivity contribution in [3.05, 3.63) is 418 Å². The Labute approximate surface area is 902 Å². The second-order valence-corrected chi connectivity index (χ2v) is 30.7. The van der Waals surface area contributed by atoms with Gasteiger partial charge in [-0.25, -0.2) is 0 Å². The number of anilines is 9. The average molecular weight is 2650 g/mol. The number of ether oxygens (including phenoxy) is 8. The number of nitrogens with zero attached hydrogens (tertiary/aromatic N) is 7. The van der Waals surface area contributed by atoms with Crippen LogP contribution in [0.3, 0.4) is 0 Å². The van der Waals surface area contributed by atoms with Crippen LogP contribution in [0.25, 0.3) is 66.9 Å². The van der Waals surface area contributed by atoms with Crippen molar-refractivity contribution in [2.24, 2.45) is 0 Å². The number of para-hydroxylation sites is 6. The summed E-state index contributed by atoms with van der Waals surface area (Å²) in [5.41, 5.74) is 17.8. The molecule has 0 aliphatic rings. The van der Waals surface area contributed by atoms with Crippen molar-refractivity contribution in [3.63, 3.8) is 0 Å². The fraction of sp³-hybridized carbons (Fsp3) is 0.136. The molecular formula is C118H113Ir4N7O16-4. The van der Waals surface area contributed by atoms with Gasteiger partial charge in [0.25, 0.3) is 0 Å². The molecule has 4 aromatic heterocycles. The van der Waals surface area contributed by atoms with Crippen LogP contribution in [-0.2, 0) is 99.6 Å². The molecule has 12 aromatic carbocycles. The Kier molecular flexibility index (Phi) is 52.7. The van der Waals surface area contributed by atoms with Gasteiger partial charge in [0.15, 0.2) is 23.1 Å². The maximum atomic E-state index is 10.0. The fourth-order valence-electron chi connectivity index (χ4n) is 14.0. The minimum Gasteiger partial charge on any atom is -0.540 e. The molecule has 0 aliphatic carbocycles. The van der Waals surface area contributed by atoms with E-state index in [1.165, 1.54) is 90.5 Å². The molecule has 0 spiro atoms. The van der Waals surface area contributed by atoms with Gasteiger partial charge in [0.05, 0.1) is 79.9 Å². The molecule has 145 heavy (non-hydrogen) atoms. The molecule has 0 unspecified atom stereocenters. The summed E-state index contributed by atoms with van der Waals surface area (Å²) in [6.45, 7) is 11.4. The monoisotopic (exact) mass is 2660 g/mol. The van der Waals surface area contributed by atoms with Gasteiger partial charge in [-0.15, -0.1) is 59.7 Å². The topological polar surface area (TPSA) is 284 Å². The number of pyridine rings is 4. The third-order valence-electron chi connectivity index (χ3n) is 20.0. The largest absolute Gasteiger partial charge is 0.540 e. The van der Waals surface area contributed by atoms with Crippen LogP contribution < -0.4 is 52.6 Å². The van der Waals surface area contributed by atoms with Crippen LogP contribution in [0.4, 0.5) is 51.2 Å². The molecule has 0 bridgehead atoms. The van der Waals surface area contributed by atoms with E-state index in [9.17, 15) is 19.2 Å². The summed E-state index contributed by atoms with van der Waals surface area (Å²) < 4.78 is 43.6. The standard InChI is InChI=1S/3C25H21N2O2.C23H18NO2.4C5H8O2.4Ir/c1-28-22-13-14-23(25(18-22)29-2)24-17-21(15-16-26-24)27(19-9-5-3-6-10-19)20-11-7-4-8-12-20;1-28-21-13-14-23(24-17-22(29-2)15-16-26-24)25(18-21)27(19-9-5-3-6-10-19)20-11-7-4-8-12-20;1-28-22-15-16-26-24(18-22)23-14-13-21(17-25(23)29-2)27(19-9-5-3-6-10-19)20-11-7-4-8-12-20;1-25-17-10-11-21(23-15-18(26-2)12-13-24-23)22(14-17)20-9-5-7-16-6-3-4-8-19(16)20;4*1-4(6)3-5(2)7;;;;/h3*3-13,15-18H,1-2H3;3-10,12-15H,1-2H3;4*3,6H,1-2H3;;;;/q4*-1;;;;;;;;. The third kappa shape index (κ3) is 37.8. The van der Waals surface area contributed by atoms with E-state index in [0.29, 0.717) is 17.2 Å². The minimum atomic E-state index is -0.125. The first kappa shape index (κ1) is 120. The molecule has 0 amide bonds. The first-order valence-corrected chi connectivity index (χ1v) is 44.3. The van der Waals surface area contributed by atoms with E-state index in [0.717, 1.165) is 136 Å². The molecule has 16 rings (SSSR count). The Morgan fingerprint density at radius 1 is 0.255 bits per heavy atom. The molecular weight excluding hydrogens is 2540 g/mol. The Hall–Kier alpha value is -15.3. The first-order chi connectivity index (χ1) is 68.2. The van der Waals surface area contributed by atoms with Crippen molar-refractivity contribution in [3.8, 4) is 102 Å². The van der Waals surface area contributed by atoms with E-state index in [1.807, 2.05) is 206 Å². The van der Waals surface area contributed by atoms with Gasteiger partial charge >= 0.3 is 0 Å². The van der Waals surface area contributed by atoms with Gasteiger partial charge in [-0.3, -0.25) is 19.2 Å². The molecule has 0 fully saturated rings. The van der Waals surface area contributed by atoms with Gasteiger partial charge in [-0.2, -0.15) is 0 Å². The zero-order chi connectivity index (χ0) is 102. The second kappa shape index (κ2) is 63.6. The molecule has 0 saturated carbocycles. The number of aliphatic hydroxyl groups is 4. The van der Waals surface area contributed by atoms with Crippen molar-refractivity contribution < 1.29 is 158 Å². The Morgan fingerprint density at radius 3 is 0.903 bits per heavy atom. The molecule has 4 radical (unpaired) electrons. The van der Waals surface area contributed by atoms with E-state index < -0.39 is 0 Å². The number of hydrogen-bond donors (Lipinski definition) is 4. The molecule has 16 aromatic rings. The summed E-state index contributed by atoms with van der Waals surface area (Å²) in [4.78, 5) is 64.7. The summed E-state index contributed by atoms with van der Waals surface area (Å²) in [5, 5.41) is 35.8. The van der Waals surface area contributed by atoms with Crippen molar-refractivity contribution in [1.82, 2.24) is 19.9 Å². The summed E-state index contributed by atoms with van der Waals surface area (Å²) in [7, 11) is 13.2.